The quantitative estimate of drug-likeness (QED) is 0.775. The summed E-state index contributed by atoms with van der Waals surface area (Å²) in [6, 6.07) is 7.31. The van der Waals surface area contributed by atoms with Crippen molar-refractivity contribution >= 4 is 17.4 Å². The minimum Gasteiger partial charge on any atom is -0.297 e. The van der Waals surface area contributed by atoms with Gasteiger partial charge in [-0.25, -0.2) is 0 Å². The van der Waals surface area contributed by atoms with Gasteiger partial charge in [0.1, 0.15) is 0 Å². The second-order valence-electron chi connectivity index (χ2n) is 5.33. The molecule has 0 spiro atoms. The van der Waals surface area contributed by atoms with Crippen molar-refractivity contribution in [3.05, 3.63) is 34.9 Å². The summed E-state index contributed by atoms with van der Waals surface area (Å²) in [5, 5.41) is 0.630. The molecule has 0 heterocycles. The Labute approximate surface area is 114 Å². The standard InChI is InChI=1S/C15H20ClNO/c1-17(2)15(9-4-3-5-10-15)14(18)12-7-6-8-13(16)11-12/h6-8,11H,3-5,9-10H2,1-2H3. The van der Waals surface area contributed by atoms with Gasteiger partial charge in [0.05, 0.1) is 5.54 Å². The Morgan fingerprint density at radius 3 is 2.44 bits per heavy atom. The number of benzene rings is 1. The maximum absolute atomic E-state index is 12.8. The van der Waals surface area contributed by atoms with Gasteiger partial charge in [0.25, 0.3) is 0 Å². The van der Waals surface area contributed by atoms with Gasteiger partial charge in [-0.05, 0) is 39.1 Å². The molecule has 98 valence electrons. The van der Waals surface area contributed by atoms with E-state index in [9.17, 15) is 4.79 Å². The largest absolute Gasteiger partial charge is 0.297 e. The molecule has 0 atom stereocenters. The van der Waals surface area contributed by atoms with Gasteiger partial charge in [-0.3, -0.25) is 9.69 Å². The lowest BCUT2D eigenvalue weighted by atomic mass is 9.75. The summed E-state index contributed by atoms with van der Waals surface area (Å²) in [5.41, 5.74) is 0.404. The Bertz CT molecular complexity index is 436. The molecule has 0 N–H and O–H groups in total. The third kappa shape index (κ3) is 2.45. The molecule has 0 radical (unpaired) electrons. The summed E-state index contributed by atoms with van der Waals surface area (Å²) < 4.78 is 0. The van der Waals surface area contributed by atoms with Gasteiger partial charge in [-0.1, -0.05) is 43.0 Å². The van der Waals surface area contributed by atoms with Crippen molar-refractivity contribution in [3.8, 4) is 0 Å². The predicted molar refractivity (Wildman–Crippen MR) is 75.3 cm³/mol. The smallest absolute Gasteiger partial charge is 0.183 e. The number of carbonyl (C=O) groups is 1. The molecule has 1 saturated carbocycles. The number of hydrogen-bond donors (Lipinski definition) is 0. The van der Waals surface area contributed by atoms with Crippen molar-refractivity contribution in [3.63, 3.8) is 0 Å². The van der Waals surface area contributed by atoms with E-state index in [0.29, 0.717) is 5.02 Å². The fourth-order valence-electron chi connectivity index (χ4n) is 2.91. The maximum atomic E-state index is 12.8. The number of carbonyl (C=O) groups excluding carboxylic acids is 1. The molecular formula is C15H20ClNO. The van der Waals surface area contributed by atoms with Gasteiger partial charge >= 0.3 is 0 Å². The maximum Gasteiger partial charge on any atom is 0.183 e. The molecule has 1 aromatic rings. The molecule has 2 rings (SSSR count). The van der Waals surface area contributed by atoms with Crippen LogP contribution < -0.4 is 0 Å². The van der Waals surface area contributed by atoms with Crippen LogP contribution in [0.3, 0.4) is 0 Å². The lowest BCUT2D eigenvalue weighted by Gasteiger charge is -2.41. The average molecular weight is 266 g/mol. The highest BCUT2D eigenvalue weighted by Gasteiger charge is 2.41. The minimum absolute atomic E-state index is 0.217. The van der Waals surface area contributed by atoms with Crippen molar-refractivity contribution in [1.82, 2.24) is 4.90 Å². The Morgan fingerprint density at radius 1 is 1.22 bits per heavy atom. The van der Waals surface area contributed by atoms with Crippen LogP contribution in [0, 0.1) is 0 Å². The van der Waals surface area contributed by atoms with Crippen LogP contribution >= 0.6 is 11.6 Å². The number of rotatable bonds is 3. The van der Waals surface area contributed by atoms with E-state index in [2.05, 4.69) is 4.90 Å². The van der Waals surface area contributed by atoms with Gasteiger partial charge < -0.3 is 0 Å². The Hall–Kier alpha value is -0.860. The highest BCUT2D eigenvalue weighted by Crippen LogP contribution is 2.35. The van der Waals surface area contributed by atoms with Gasteiger partial charge in [0.15, 0.2) is 5.78 Å². The molecule has 0 unspecified atom stereocenters. The number of halogens is 1. The van der Waals surface area contributed by atoms with E-state index in [1.54, 1.807) is 6.07 Å². The van der Waals surface area contributed by atoms with Crippen molar-refractivity contribution in [2.24, 2.45) is 0 Å². The summed E-state index contributed by atoms with van der Waals surface area (Å²) in [6.45, 7) is 0. The molecule has 0 amide bonds. The zero-order valence-corrected chi connectivity index (χ0v) is 11.8. The summed E-state index contributed by atoms with van der Waals surface area (Å²) in [5.74, 6) is 0.217. The van der Waals surface area contributed by atoms with Gasteiger partial charge in [0.2, 0.25) is 0 Å². The molecule has 0 aromatic heterocycles. The zero-order valence-electron chi connectivity index (χ0n) is 11.1. The Kier molecular flexibility index (Phi) is 4.08. The van der Waals surface area contributed by atoms with Gasteiger partial charge in [-0.2, -0.15) is 0 Å². The lowest BCUT2D eigenvalue weighted by molar-refractivity contribution is 0.0564. The van der Waals surface area contributed by atoms with E-state index >= 15 is 0 Å². The first kappa shape index (κ1) is 13.6. The second kappa shape index (κ2) is 5.41. The molecule has 1 aliphatic carbocycles. The van der Waals surface area contributed by atoms with Crippen molar-refractivity contribution in [2.75, 3.05) is 14.1 Å². The van der Waals surface area contributed by atoms with Gasteiger partial charge in [-0.15, -0.1) is 0 Å². The number of ketones is 1. The van der Waals surface area contributed by atoms with E-state index in [1.807, 2.05) is 32.3 Å². The number of likely N-dealkylation sites (N-methyl/N-ethyl adjacent to an activating group) is 1. The first-order valence-corrected chi connectivity index (χ1v) is 6.92. The summed E-state index contributed by atoms with van der Waals surface area (Å²) in [7, 11) is 4.02. The van der Waals surface area contributed by atoms with E-state index in [4.69, 9.17) is 11.6 Å². The normalized spacial score (nSPS) is 18.9. The number of nitrogens with zero attached hydrogens (tertiary/aromatic N) is 1. The minimum atomic E-state index is -0.330. The fourth-order valence-corrected chi connectivity index (χ4v) is 3.10. The molecule has 0 bridgehead atoms. The lowest BCUT2D eigenvalue weighted by Crippen LogP contribution is -2.52. The van der Waals surface area contributed by atoms with Crippen molar-refractivity contribution in [1.29, 1.82) is 0 Å². The molecule has 0 saturated heterocycles. The second-order valence-corrected chi connectivity index (χ2v) is 5.76. The van der Waals surface area contributed by atoms with Crippen LogP contribution in [0.4, 0.5) is 0 Å². The highest BCUT2D eigenvalue weighted by molar-refractivity contribution is 6.31. The van der Waals surface area contributed by atoms with Crippen molar-refractivity contribution in [2.45, 2.75) is 37.6 Å². The summed E-state index contributed by atoms with van der Waals surface area (Å²) in [4.78, 5) is 14.9. The number of Topliss-reactive ketones (excluding diaryl/α,β-unsaturated/α-hetero) is 1. The van der Waals surface area contributed by atoms with E-state index in [0.717, 1.165) is 31.2 Å². The van der Waals surface area contributed by atoms with E-state index in [-0.39, 0.29) is 11.3 Å². The molecule has 3 heteroatoms. The first-order chi connectivity index (χ1) is 8.56. The van der Waals surface area contributed by atoms with Crippen molar-refractivity contribution < 1.29 is 4.79 Å². The average Bonchev–Trinajstić information content (AvgIpc) is 2.38. The SMILES string of the molecule is CN(C)C1(C(=O)c2cccc(Cl)c2)CCCCC1. The van der Waals surface area contributed by atoms with Crippen LogP contribution in [0.1, 0.15) is 42.5 Å². The van der Waals surface area contributed by atoms with Gasteiger partial charge in [0, 0.05) is 10.6 Å². The zero-order chi connectivity index (χ0) is 13.2. The first-order valence-electron chi connectivity index (χ1n) is 6.54. The predicted octanol–water partition coefficient (Wildman–Crippen LogP) is 3.79. The van der Waals surface area contributed by atoms with E-state index in [1.165, 1.54) is 6.42 Å². The fraction of sp³-hybridized carbons (Fsp3) is 0.533. The van der Waals surface area contributed by atoms with Crippen LogP contribution in [0.25, 0.3) is 0 Å². The molecule has 1 fully saturated rings. The highest BCUT2D eigenvalue weighted by atomic mass is 35.5. The Balaban J connectivity index is 2.34. The van der Waals surface area contributed by atoms with Crippen LogP contribution in [0.15, 0.2) is 24.3 Å². The summed E-state index contributed by atoms with van der Waals surface area (Å²) >= 11 is 5.99. The molecular weight excluding hydrogens is 246 g/mol. The Morgan fingerprint density at radius 2 is 1.89 bits per heavy atom. The molecule has 1 aromatic carbocycles. The molecule has 2 nitrogen and oxygen atoms in total. The van der Waals surface area contributed by atoms with E-state index < -0.39 is 0 Å². The molecule has 0 aliphatic heterocycles. The van der Waals surface area contributed by atoms with Crippen LogP contribution in [0.2, 0.25) is 5.02 Å². The topological polar surface area (TPSA) is 20.3 Å². The van der Waals surface area contributed by atoms with Crippen LogP contribution in [-0.4, -0.2) is 30.3 Å². The monoisotopic (exact) mass is 265 g/mol. The third-order valence-electron chi connectivity index (χ3n) is 4.05. The van der Waals surface area contributed by atoms with Crippen LogP contribution in [0.5, 0.6) is 0 Å². The van der Waals surface area contributed by atoms with Crippen LogP contribution in [-0.2, 0) is 0 Å². The summed E-state index contributed by atoms with van der Waals surface area (Å²) in [6.07, 6.45) is 5.39. The number of hydrogen-bond acceptors (Lipinski definition) is 2. The molecule has 18 heavy (non-hydrogen) atoms. The third-order valence-corrected chi connectivity index (χ3v) is 4.28. The molecule has 1 aliphatic rings.